The van der Waals surface area contributed by atoms with Crippen molar-refractivity contribution in [1.82, 2.24) is 0 Å². The highest BCUT2D eigenvalue weighted by Crippen LogP contribution is 2.28. The van der Waals surface area contributed by atoms with Gasteiger partial charge in [0.15, 0.2) is 6.10 Å². The zero-order valence-corrected chi connectivity index (χ0v) is 15.9. The van der Waals surface area contributed by atoms with Crippen LogP contribution in [0.2, 0.25) is 0 Å². The van der Waals surface area contributed by atoms with Crippen LogP contribution in [0.15, 0.2) is 24.3 Å². The van der Waals surface area contributed by atoms with Crippen molar-refractivity contribution in [3.05, 3.63) is 35.4 Å². The fourth-order valence-corrected chi connectivity index (χ4v) is 2.06. The van der Waals surface area contributed by atoms with E-state index in [1.54, 1.807) is 13.8 Å². The first-order valence-corrected chi connectivity index (χ1v) is 8.47. The number of rotatable bonds is 8. The van der Waals surface area contributed by atoms with Crippen LogP contribution >= 0.6 is 0 Å². The Morgan fingerprint density at radius 2 is 1.48 bits per heavy atom. The molecule has 150 valence electrons. The molecule has 0 spiro atoms. The lowest BCUT2D eigenvalue weighted by atomic mass is 10.0. The Hall–Kier alpha value is -2.51. The van der Waals surface area contributed by atoms with Gasteiger partial charge >= 0.3 is 23.8 Å². The second-order valence-electron chi connectivity index (χ2n) is 7.08. The molecule has 1 atom stereocenters. The highest BCUT2D eigenvalue weighted by atomic mass is 19.3. The molecule has 1 aromatic rings. The van der Waals surface area contributed by atoms with Gasteiger partial charge in [0, 0.05) is 0 Å². The molecule has 1 N–H and O–H groups in total. The largest absolute Gasteiger partial charge is 0.477 e. The van der Waals surface area contributed by atoms with Gasteiger partial charge in [-0.05, 0) is 50.5 Å². The normalized spacial score (nSPS) is 13.2. The number of carbonyl (C=O) groups excluding carboxylic acids is 2. The number of carbonyl (C=O) groups is 3. The van der Waals surface area contributed by atoms with Crippen LogP contribution in [0.4, 0.5) is 8.78 Å². The molecule has 8 heteroatoms. The fourth-order valence-electron chi connectivity index (χ4n) is 2.06. The quantitative estimate of drug-likeness (QED) is 0.681. The molecule has 0 saturated carbocycles. The highest BCUT2D eigenvalue weighted by Gasteiger charge is 2.51. The molecular formula is C19H24F2O6. The van der Waals surface area contributed by atoms with Crippen LogP contribution in [-0.4, -0.2) is 40.6 Å². The van der Waals surface area contributed by atoms with Gasteiger partial charge in [-0.2, -0.15) is 8.78 Å². The van der Waals surface area contributed by atoms with E-state index in [-0.39, 0.29) is 11.1 Å². The van der Waals surface area contributed by atoms with Gasteiger partial charge in [0.25, 0.3) is 0 Å². The first-order chi connectivity index (χ1) is 12.3. The molecule has 0 aliphatic carbocycles. The third-order valence-electron chi connectivity index (χ3n) is 4.06. The fraction of sp³-hybridized carbons (Fsp3) is 0.526. The Balaban J connectivity index is 2.93. The van der Waals surface area contributed by atoms with Crippen LogP contribution in [0.3, 0.4) is 0 Å². The van der Waals surface area contributed by atoms with E-state index < -0.39 is 41.5 Å². The minimum absolute atomic E-state index is 0.0897. The first kappa shape index (κ1) is 22.5. The van der Waals surface area contributed by atoms with Gasteiger partial charge in [0.05, 0.1) is 11.1 Å². The molecule has 0 aromatic heterocycles. The average Bonchev–Trinajstić information content (AvgIpc) is 2.58. The zero-order valence-electron chi connectivity index (χ0n) is 15.9. The predicted molar refractivity (Wildman–Crippen MR) is 92.9 cm³/mol. The van der Waals surface area contributed by atoms with Gasteiger partial charge in [-0.25, -0.2) is 14.4 Å². The van der Waals surface area contributed by atoms with Gasteiger partial charge in [0.2, 0.25) is 0 Å². The molecule has 1 aromatic carbocycles. The van der Waals surface area contributed by atoms with E-state index in [1.165, 1.54) is 38.1 Å². The summed E-state index contributed by atoms with van der Waals surface area (Å²) in [6, 6.07) is 5.08. The SMILES string of the molecule is CCC(C)(C)OC(=O)c1ccc(C(=O)OC(C(C)C)C(F)(F)C(=O)O)cc1. The molecule has 0 heterocycles. The minimum Gasteiger partial charge on any atom is -0.477 e. The lowest BCUT2D eigenvalue weighted by Gasteiger charge is -2.26. The Kier molecular flexibility index (Phi) is 7.05. The van der Waals surface area contributed by atoms with Crippen molar-refractivity contribution in [1.29, 1.82) is 0 Å². The summed E-state index contributed by atoms with van der Waals surface area (Å²) in [5, 5.41) is 8.66. The van der Waals surface area contributed by atoms with Crippen LogP contribution < -0.4 is 0 Å². The second kappa shape index (κ2) is 8.45. The number of benzene rings is 1. The molecule has 0 fully saturated rings. The summed E-state index contributed by atoms with van der Waals surface area (Å²) in [6.45, 7) is 8.02. The van der Waals surface area contributed by atoms with E-state index in [1.807, 2.05) is 6.92 Å². The van der Waals surface area contributed by atoms with Crippen molar-refractivity contribution in [2.75, 3.05) is 0 Å². The first-order valence-electron chi connectivity index (χ1n) is 8.47. The number of aliphatic carboxylic acids is 1. The third kappa shape index (κ3) is 5.74. The standard InChI is InChI=1S/C19H24F2O6/c1-6-18(4,5)27-16(23)13-9-7-12(8-10-13)15(22)26-14(11(2)3)19(20,21)17(24)25/h7-11,14H,6H2,1-5H3,(H,24,25). The summed E-state index contributed by atoms with van der Waals surface area (Å²) in [5.74, 6) is -9.21. The van der Waals surface area contributed by atoms with Gasteiger partial charge in [-0.3, -0.25) is 0 Å². The molecule has 0 saturated heterocycles. The molecule has 1 rings (SSSR count). The van der Waals surface area contributed by atoms with E-state index in [9.17, 15) is 23.2 Å². The minimum atomic E-state index is -4.22. The lowest BCUT2D eigenvalue weighted by Crippen LogP contribution is -2.47. The van der Waals surface area contributed by atoms with Crippen molar-refractivity contribution in [2.45, 2.75) is 58.7 Å². The van der Waals surface area contributed by atoms with Gasteiger partial charge in [-0.1, -0.05) is 20.8 Å². The summed E-state index contributed by atoms with van der Waals surface area (Å²) in [5.41, 5.74) is -0.556. The van der Waals surface area contributed by atoms with E-state index in [4.69, 9.17) is 14.6 Å². The topological polar surface area (TPSA) is 89.9 Å². The Morgan fingerprint density at radius 1 is 1.04 bits per heavy atom. The van der Waals surface area contributed by atoms with E-state index in [2.05, 4.69) is 0 Å². The Labute approximate surface area is 156 Å². The molecule has 0 amide bonds. The maximum absolute atomic E-state index is 13.8. The maximum atomic E-state index is 13.8. The molecule has 0 aliphatic rings. The highest BCUT2D eigenvalue weighted by molar-refractivity contribution is 5.93. The second-order valence-corrected chi connectivity index (χ2v) is 7.08. The zero-order chi connectivity index (χ0) is 21.0. The summed E-state index contributed by atoms with van der Waals surface area (Å²) < 4.78 is 37.6. The molecule has 0 radical (unpaired) electrons. The summed E-state index contributed by atoms with van der Waals surface area (Å²) in [6.07, 6.45) is -1.52. The maximum Gasteiger partial charge on any atom is 0.378 e. The molecule has 1 unspecified atom stereocenters. The number of carboxylic acid groups (broad SMARTS) is 1. The van der Waals surface area contributed by atoms with Crippen LogP contribution in [0.1, 0.15) is 61.8 Å². The van der Waals surface area contributed by atoms with Gasteiger partial charge < -0.3 is 14.6 Å². The summed E-state index contributed by atoms with van der Waals surface area (Å²) >= 11 is 0. The van der Waals surface area contributed by atoms with Gasteiger partial charge in [0.1, 0.15) is 5.60 Å². The molecular weight excluding hydrogens is 362 g/mol. The van der Waals surface area contributed by atoms with Crippen LogP contribution in [0.25, 0.3) is 0 Å². The molecule has 0 bridgehead atoms. The number of ether oxygens (including phenoxy) is 2. The number of halogens is 2. The Bertz CT molecular complexity index is 695. The lowest BCUT2D eigenvalue weighted by molar-refractivity contribution is -0.187. The van der Waals surface area contributed by atoms with Crippen LogP contribution in [0, 0.1) is 5.92 Å². The Morgan fingerprint density at radius 3 is 1.85 bits per heavy atom. The number of hydrogen-bond acceptors (Lipinski definition) is 5. The molecule has 0 aliphatic heterocycles. The van der Waals surface area contributed by atoms with Crippen molar-refractivity contribution in [2.24, 2.45) is 5.92 Å². The summed E-state index contributed by atoms with van der Waals surface area (Å²) in [4.78, 5) is 34.9. The van der Waals surface area contributed by atoms with Crippen LogP contribution in [-0.2, 0) is 14.3 Å². The average molecular weight is 386 g/mol. The van der Waals surface area contributed by atoms with Crippen LogP contribution in [0.5, 0.6) is 0 Å². The molecule has 27 heavy (non-hydrogen) atoms. The van der Waals surface area contributed by atoms with Crippen molar-refractivity contribution < 1.29 is 37.7 Å². The molecule has 6 nitrogen and oxygen atoms in total. The number of esters is 2. The van der Waals surface area contributed by atoms with Gasteiger partial charge in [-0.15, -0.1) is 0 Å². The smallest absolute Gasteiger partial charge is 0.378 e. The number of carboxylic acids is 1. The number of hydrogen-bond donors (Lipinski definition) is 1. The van der Waals surface area contributed by atoms with Crippen molar-refractivity contribution in [3.63, 3.8) is 0 Å². The van der Waals surface area contributed by atoms with Crippen molar-refractivity contribution in [3.8, 4) is 0 Å². The summed E-state index contributed by atoms with van der Waals surface area (Å²) in [7, 11) is 0. The van der Waals surface area contributed by atoms with E-state index in [0.29, 0.717) is 6.42 Å². The van der Waals surface area contributed by atoms with Crippen molar-refractivity contribution >= 4 is 17.9 Å². The van der Waals surface area contributed by atoms with E-state index >= 15 is 0 Å². The third-order valence-corrected chi connectivity index (χ3v) is 4.06. The van der Waals surface area contributed by atoms with E-state index in [0.717, 1.165) is 0 Å². The number of alkyl halides is 2. The monoisotopic (exact) mass is 386 g/mol. The predicted octanol–water partition coefficient (Wildman–Crippen LogP) is 3.93.